The number of ketones is 1. The third-order valence-corrected chi connectivity index (χ3v) is 6.90. The predicted molar refractivity (Wildman–Crippen MR) is 150 cm³/mol. The number of amides is 1. The zero-order valence-electron chi connectivity index (χ0n) is 23.1. The molecule has 0 aliphatic heterocycles. The van der Waals surface area contributed by atoms with Crippen LogP contribution in [0, 0.1) is 11.2 Å². The Balaban J connectivity index is 1.78. The summed E-state index contributed by atoms with van der Waals surface area (Å²) in [5.41, 5.74) is 0.573. The van der Waals surface area contributed by atoms with Crippen molar-refractivity contribution in [1.29, 1.82) is 0 Å². The van der Waals surface area contributed by atoms with E-state index in [-0.39, 0.29) is 58.7 Å². The van der Waals surface area contributed by atoms with Crippen molar-refractivity contribution in [3.05, 3.63) is 74.9 Å². The highest BCUT2D eigenvalue weighted by Crippen LogP contribution is 2.32. The average Bonchev–Trinajstić information content (AvgIpc) is 3.13. The van der Waals surface area contributed by atoms with Crippen LogP contribution in [0.1, 0.15) is 69.1 Å². The highest BCUT2D eigenvalue weighted by molar-refractivity contribution is 6.31. The molecule has 1 aromatic heterocycles. The summed E-state index contributed by atoms with van der Waals surface area (Å²) in [5, 5.41) is 2.64. The Bertz CT molecular complexity index is 1400. The Morgan fingerprint density at radius 3 is 2.46 bits per heavy atom. The van der Waals surface area contributed by atoms with Crippen molar-refractivity contribution >= 4 is 29.0 Å². The Labute approximate surface area is 232 Å². The van der Waals surface area contributed by atoms with E-state index in [1.54, 1.807) is 37.7 Å². The van der Waals surface area contributed by atoms with E-state index >= 15 is 0 Å². The minimum absolute atomic E-state index is 0.0588. The van der Waals surface area contributed by atoms with Crippen LogP contribution in [0.4, 0.5) is 10.1 Å². The van der Waals surface area contributed by atoms with E-state index in [0.717, 1.165) is 6.07 Å². The normalized spacial score (nSPS) is 12.3. The van der Waals surface area contributed by atoms with E-state index < -0.39 is 17.3 Å². The lowest BCUT2D eigenvalue weighted by Gasteiger charge is -2.24. The molecule has 210 valence electrons. The Kier molecular flexibility index (Phi) is 9.74. The molecular weight excluding hydrogens is 525 g/mol. The highest BCUT2D eigenvalue weighted by Gasteiger charge is 2.28. The summed E-state index contributed by atoms with van der Waals surface area (Å²) in [6, 6.07) is 11.5. The number of anilines is 1. The summed E-state index contributed by atoms with van der Waals surface area (Å²) >= 11 is 5.90. The number of Topliss-reactive ketones (excluding diaryl/α,β-unsaturated/α-hetero) is 1. The van der Waals surface area contributed by atoms with Gasteiger partial charge in [0.25, 0.3) is 5.56 Å². The number of halogens is 2. The van der Waals surface area contributed by atoms with Crippen molar-refractivity contribution in [3.63, 3.8) is 0 Å². The van der Waals surface area contributed by atoms with E-state index in [9.17, 15) is 18.8 Å². The van der Waals surface area contributed by atoms with E-state index in [0.29, 0.717) is 17.8 Å². The lowest BCUT2D eigenvalue weighted by molar-refractivity contribution is -0.118. The SMILES string of the molecule is CCOc1cc(F)c(Cl)cc1C(=O)CCC(C)(C)CC(=O)Nc1c([C@@H](C)OC)n(C)n(-c2ccccc2)c1=O. The van der Waals surface area contributed by atoms with Gasteiger partial charge in [0.2, 0.25) is 5.91 Å². The van der Waals surface area contributed by atoms with Gasteiger partial charge in [-0.05, 0) is 43.9 Å². The Morgan fingerprint density at radius 1 is 1.18 bits per heavy atom. The number of hydrogen-bond acceptors (Lipinski definition) is 5. The molecule has 3 aromatic rings. The van der Waals surface area contributed by atoms with Gasteiger partial charge < -0.3 is 14.8 Å². The molecule has 39 heavy (non-hydrogen) atoms. The van der Waals surface area contributed by atoms with Crippen molar-refractivity contribution in [2.45, 2.75) is 53.1 Å². The molecule has 1 N–H and O–H groups in total. The van der Waals surface area contributed by atoms with Crippen LogP contribution in [-0.4, -0.2) is 34.8 Å². The average molecular weight is 560 g/mol. The van der Waals surface area contributed by atoms with Gasteiger partial charge in [0.15, 0.2) is 5.78 Å². The van der Waals surface area contributed by atoms with Crippen LogP contribution in [0.25, 0.3) is 5.69 Å². The number of benzene rings is 2. The third-order valence-electron chi connectivity index (χ3n) is 6.61. The monoisotopic (exact) mass is 559 g/mol. The predicted octanol–water partition coefficient (Wildman–Crippen LogP) is 6.09. The number of carbonyl (C=O) groups excluding carboxylic acids is 2. The number of methoxy groups -OCH3 is 1. The molecule has 1 atom stereocenters. The van der Waals surface area contributed by atoms with Gasteiger partial charge in [-0.25, -0.2) is 9.07 Å². The number of aromatic nitrogens is 2. The van der Waals surface area contributed by atoms with Crippen molar-refractivity contribution in [2.75, 3.05) is 19.0 Å². The number of hydrogen-bond donors (Lipinski definition) is 1. The summed E-state index contributed by atoms with van der Waals surface area (Å²) in [6.45, 7) is 7.54. The lowest BCUT2D eigenvalue weighted by Crippen LogP contribution is -2.26. The molecule has 0 fully saturated rings. The zero-order chi connectivity index (χ0) is 28.9. The van der Waals surface area contributed by atoms with Crippen molar-refractivity contribution in [2.24, 2.45) is 12.5 Å². The quantitative estimate of drug-likeness (QED) is 0.271. The number of nitrogens with zero attached hydrogens (tertiary/aromatic N) is 2. The fourth-order valence-electron chi connectivity index (χ4n) is 4.49. The third kappa shape index (κ3) is 6.96. The Morgan fingerprint density at radius 2 is 1.85 bits per heavy atom. The van der Waals surface area contributed by atoms with Crippen LogP contribution in [0.2, 0.25) is 5.02 Å². The van der Waals surface area contributed by atoms with Crippen molar-refractivity contribution in [3.8, 4) is 11.4 Å². The summed E-state index contributed by atoms with van der Waals surface area (Å²) < 4.78 is 28.0. The van der Waals surface area contributed by atoms with E-state index in [2.05, 4.69) is 5.32 Å². The van der Waals surface area contributed by atoms with Gasteiger partial charge in [0, 0.05) is 33.1 Å². The van der Waals surface area contributed by atoms with Gasteiger partial charge in [-0.3, -0.25) is 19.1 Å². The number of ether oxygens (including phenoxy) is 2. The first kappa shape index (κ1) is 30.1. The van der Waals surface area contributed by atoms with E-state index in [1.807, 2.05) is 32.0 Å². The van der Waals surface area contributed by atoms with Gasteiger partial charge in [0.1, 0.15) is 17.3 Å². The molecular formula is C29H35ClFN3O5. The second kappa shape index (κ2) is 12.6. The Hall–Kier alpha value is -3.43. The molecule has 10 heteroatoms. The molecule has 2 aromatic carbocycles. The molecule has 0 aliphatic rings. The first-order valence-corrected chi connectivity index (χ1v) is 13.1. The zero-order valence-corrected chi connectivity index (χ0v) is 23.9. The lowest BCUT2D eigenvalue weighted by atomic mass is 9.82. The second-order valence-corrected chi connectivity index (χ2v) is 10.5. The number of para-hydroxylation sites is 1. The molecule has 0 radical (unpaired) electrons. The molecule has 0 saturated heterocycles. The topological polar surface area (TPSA) is 91.6 Å². The van der Waals surface area contributed by atoms with Gasteiger partial charge in [-0.15, -0.1) is 0 Å². The largest absolute Gasteiger partial charge is 0.493 e. The summed E-state index contributed by atoms with van der Waals surface area (Å²) in [7, 11) is 3.27. The minimum Gasteiger partial charge on any atom is -0.493 e. The molecule has 0 saturated carbocycles. The first-order valence-electron chi connectivity index (χ1n) is 12.7. The van der Waals surface area contributed by atoms with Gasteiger partial charge in [0.05, 0.1) is 34.7 Å². The van der Waals surface area contributed by atoms with Gasteiger partial charge in [-0.1, -0.05) is 43.6 Å². The van der Waals surface area contributed by atoms with Crippen LogP contribution in [-0.2, 0) is 16.6 Å². The van der Waals surface area contributed by atoms with Crippen LogP contribution < -0.4 is 15.6 Å². The van der Waals surface area contributed by atoms with E-state index in [1.165, 1.54) is 17.9 Å². The summed E-state index contributed by atoms with van der Waals surface area (Å²) in [4.78, 5) is 39.6. The smallest absolute Gasteiger partial charge is 0.295 e. The molecule has 3 rings (SSSR count). The minimum atomic E-state index is -0.664. The molecule has 8 nitrogen and oxygen atoms in total. The first-order chi connectivity index (χ1) is 18.4. The fraction of sp³-hybridized carbons (Fsp3) is 0.414. The van der Waals surface area contributed by atoms with Crippen molar-refractivity contribution in [1.82, 2.24) is 9.36 Å². The van der Waals surface area contributed by atoms with Crippen LogP contribution >= 0.6 is 11.6 Å². The van der Waals surface area contributed by atoms with Crippen LogP contribution in [0.5, 0.6) is 5.75 Å². The molecule has 0 bridgehead atoms. The second-order valence-electron chi connectivity index (χ2n) is 10.1. The fourth-order valence-corrected chi connectivity index (χ4v) is 4.65. The number of nitrogens with one attached hydrogen (secondary N) is 1. The van der Waals surface area contributed by atoms with Crippen LogP contribution in [0.3, 0.4) is 0 Å². The molecule has 1 heterocycles. The molecule has 1 amide bonds. The van der Waals surface area contributed by atoms with E-state index in [4.69, 9.17) is 21.1 Å². The molecule has 0 unspecified atom stereocenters. The van der Waals surface area contributed by atoms with Gasteiger partial charge in [-0.2, -0.15) is 0 Å². The van der Waals surface area contributed by atoms with Crippen molar-refractivity contribution < 1.29 is 23.5 Å². The maximum atomic E-state index is 13.9. The highest BCUT2D eigenvalue weighted by atomic mass is 35.5. The molecule has 0 aliphatic carbocycles. The summed E-state index contributed by atoms with van der Waals surface area (Å²) in [5.74, 6) is -1.15. The summed E-state index contributed by atoms with van der Waals surface area (Å²) in [6.07, 6.45) is 0.0593. The molecule has 0 spiro atoms. The van der Waals surface area contributed by atoms with Crippen LogP contribution in [0.15, 0.2) is 47.3 Å². The number of rotatable bonds is 12. The maximum Gasteiger partial charge on any atom is 0.295 e. The van der Waals surface area contributed by atoms with Gasteiger partial charge >= 0.3 is 0 Å². The standard InChI is InChI=1S/C29H35ClFN3O5/c1-7-39-24-16-22(31)21(30)15-20(24)23(35)13-14-29(3,4)17-25(36)32-26-27(18(2)38-6)33(5)34(28(26)37)19-11-9-8-10-12-19/h8-12,15-16,18H,7,13-14,17H2,1-6H3,(H,32,36)/t18-/m1/s1. The maximum absolute atomic E-state index is 13.9. The number of carbonyl (C=O) groups is 2.